The Bertz CT molecular complexity index is 317. The minimum Gasteiger partial charge on any atom is -0.350 e. The van der Waals surface area contributed by atoms with Gasteiger partial charge in [-0.2, -0.15) is 0 Å². The predicted molar refractivity (Wildman–Crippen MR) is 68.3 cm³/mol. The van der Waals surface area contributed by atoms with Gasteiger partial charge in [-0.15, -0.1) is 12.4 Å². The lowest BCUT2D eigenvalue weighted by molar-refractivity contribution is 0.478. The highest BCUT2D eigenvalue weighted by Crippen LogP contribution is 2.09. The van der Waals surface area contributed by atoms with Crippen molar-refractivity contribution in [1.29, 1.82) is 0 Å². The van der Waals surface area contributed by atoms with Gasteiger partial charge in [0.1, 0.15) is 0 Å². The quantitative estimate of drug-likeness (QED) is 0.829. The minimum atomic E-state index is 0. The fourth-order valence-corrected chi connectivity index (χ4v) is 1.95. The Balaban J connectivity index is 0.00000128. The molecule has 0 saturated carbocycles. The Hall–Kier alpha value is -0.870. The molecule has 1 atom stereocenters. The maximum Gasteiger partial charge on any atom is 0.223 e. The molecule has 16 heavy (non-hydrogen) atoms. The van der Waals surface area contributed by atoms with E-state index in [1.807, 2.05) is 19.9 Å². The molecule has 1 aliphatic rings. The lowest BCUT2D eigenvalue weighted by Crippen LogP contribution is -2.38. The van der Waals surface area contributed by atoms with Gasteiger partial charge in [-0.3, -0.25) is 0 Å². The molecule has 0 aromatic carbocycles. The molecule has 0 spiro atoms. The fourth-order valence-electron chi connectivity index (χ4n) is 1.95. The summed E-state index contributed by atoms with van der Waals surface area (Å²) >= 11 is 0. The van der Waals surface area contributed by atoms with Gasteiger partial charge >= 0.3 is 0 Å². The van der Waals surface area contributed by atoms with E-state index in [9.17, 15) is 0 Å². The van der Waals surface area contributed by atoms with Crippen LogP contribution in [0.3, 0.4) is 0 Å². The minimum absolute atomic E-state index is 0. The summed E-state index contributed by atoms with van der Waals surface area (Å²) in [7, 11) is 0. The van der Waals surface area contributed by atoms with E-state index in [2.05, 4.69) is 20.6 Å². The smallest absolute Gasteiger partial charge is 0.223 e. The molecule has 1 saturated heterocycles. The van der Waals surface area contributed by atoms with Crippen molar-refractivity contribution in [2.24, 2.45) is 0 Å². The van der Waals surface area contributed by atoms with E-state index >= 15 is 0 Å². The molecule has 1 aliphatic heterocycles. The lowest BCUT2D eigenvalue weighted by atomic mass is 10.1. The predicted octanol–water partition coefficient (Wildman–Crippen LogP) is 1.68. The molecule has 1 fully saturated rings. The van der Waals surface area contributed by atoms with Crippen LogP contribution < -0.4 is 10.6 Å². The van der Waals surface area contributed by atoms with Gasteiger partial charge in [-0.05, 0) is 39.3 Å². The zero-order valence-electron chi connectivity index (χ0n) is 9.79. The van der Waals surface area contributed by atoms with Gasteiger partial charge in [-0.1, -0.05) is 0 Å². The Morgan fingerprint density at radius 2 is 2.00 bits per heavy atom. The van der Waals surface area contributed by atoms with Crippen LogP contribution in [-0.2, 0) is 0 Å². The zero-order valence-corrected chi connectivity index (χ0v) is 10.6. The highest BCUT2D eigenvalue weighted by Gasteiger charge is 2.13. The van der Waals surface area contributed by atoms with E-state index < -0.39 is 0 Å². The first-order valence-corrected chi connectivity index (χ1v) is 5.53. The number of piperidine rings is 1. The van der Waals surface area contributed by atoms with Crippen LogP contribution in [0.2, 0.25) is 0 Å². The summed E-state index contributed by atoms with van der Waals surface area (Å²) in [4.78, 5) is 8.76. The van der Waals surface area contributed by atoms with E-state index in [-0.39, 0.29) is 12.4 Å². The highest BCUT2D eigenvalue weighted by molar-refractivity contribution is 5.85. The fraction of sp³-hybridized carbons (Fsp3) is 0.636. The molecule has 0 unspecified atom stereocenters. The van der Waals surface area contributed by atoms with Crippen LogP contribution in [-0.4, -0.2) is 29.1 Å². The first-order chi connectivity index (χ1) is 7.24. The van der Waals surface area contributed by atoms with Gasteiger partial charge in [-0.25, -0.2) is 9.97 Å². The normalized spacial score (nSPS) is 20.0. The second-order valence-corrected chi connectivity index (χ2v) is 4.16. The van der Waals surface area contributed by atoms with Gasteiger partial charge in [0.25, 0.3) is 0 Å². The van der Waals surface area contributed by atoms with Crippen LogP contribution in [0.5, 0.6) is 0 Å². The maximum absolute atomic E-state index is 4.38. The van der Waals surface area contributed by atoms with E-state index in [1.165, 1.54) is 12.8 Å². The summed E-state index contributed by atoms with van der Waals surface area (Å²) in [6.45, 7) is 6.14. The number of aryl methyl sites for hydroxylation is 2. The monoisotopic (exact) mass is 242 g/mol. The molecule has 0 bridgehead atoms. The summed E-state index contributed by atoms with van der Waals surface area (Å²) in [5.74, 6) is 0.765. The molecule has 1 aromatic heterocycles. The average molecular weight is 243 g/mol. The Morgan fingerprint density at radius 1 is 1.31 bits per heavy atom. The number of aromatic nitrogens is 2. The number of nitrogens with one attached hydrogen (secondary N) is 2. The van der Waals surface area contributed by atoms with Gasteiger partial charge < -0.3 is 10.6 Å². The second kappa shape index (κ2) is 6.01. The van der Waals surface area contributed by atoms with Crippen LogP contribution in [0, 0.1) is 13.8 Å². The van der Waals surface area contributed by atoms with Gasteiger partial charge in [0, 0.05) is 24.0 Å². The van der Waals surface area contributed by atoms with Crippen LogP contribution >= 0.6 is 12.4 Å². The van der Waals surface area contributed by atoms with Gasteiger partial charge in [0.2, 0.25) is 5.95 Å². The second-order valence-electron chi connectivity index (χ2n) is 4.16. The molecule has 0 amide bonds. The summed E-state index contributed by atoms with van der Waals surface area (Å²) in [6, 6.07) is 2.46. The van der Waals surface area contributed by atoms with Gasteiger partial charge in [0.05, 0.1) is 0 Å². The Labute approximate surface area is 103 Å². The van der Waals surface area contributed by atoms with Crippen molar-refractivity contribution in [3.05, 3.63) is 17.5 Å². The third-order valence-corrected chi connectivity index (χ3v) is 2.61. The van der Waals surface area contributed by atoms with E-state index in [4.69, 9.17) is 0 Å². The summed E-state index contributed by atoms with van der Waals surface area (Å²) in [5, 5.41) is 6.74. The molecular formula is C11H19ClN4. The van der Waals surface area contributed by atoms with E-state index in [0.29, 0.717) is 6.04 Å². The molecule has 90 valence electrons. The summed E-state index contributed by atoms with van der Waals surface area (Å²) in [5.41, 5.74) is 2.04. The van der Waals surface area contributed by atoms with Crippen molar-refractivity contribution in [2.75, 3.05) is 18.4 Å². The SMILES string of the molecule is Cc1cc(C)nc(N[C@H]2CCCNC2)n1.Cl. The van der Waals surface area contributed by atoms with E-state index in [0.717, 1.165) is 30.4 Å². The Kier molecular flexibility index (Phi) is 4.96. The van der Waals surface area contributed by atoms with Crippen molar-refractivity contribution < 1.29 is 0 Å². The molecule has 2 rings (SSSR count). The molecule has 5 heteroatoms. The third kappa shape index (κ3) is 3.61. The molecule has 2 N–H and O–H groups in total. The number of hydrogen-bond acceptors (Lipinski definition) is 4. The third-order valence-electron chi connectivity index (χ3n) is 2.61. The maximum atomic E-state index is 4.38. The molecule has 0 aliphatic carbocycles. The number of halogens is 1. The zero-order chi connectivity index (χ0) is 10.7. The number of rotatable bonds is 2. The number of nitrogens with zero attached hydrogens (tertiary/aromatic N) is 2. The van der Waals surface area contributed by atoms with Crippen molar-refractivity contribution in [3.8, 4) is 0 Å². The van der Waals surface area contributed by atoms with Crippen LogP contribution in [0.1, 0.15) is 24.2 Å². The Morgan fingerprint density at radius 3 is 2.56 bits per heavy atom. The van der Waals surface area contributed by atoms with Crippen LogP contribution in [0.25, 0.3) is 0 Å². The first-order valence-electron chi connectivity index (χ1n) is 5.53. The number of anilines is 1. The first kappa shape index (κ1) is 13.2. The van der Waals surface area contributed by atoms with Crippen molar-refractivity contribution in [1.82, 2.24) is 15.3 Å². The largest absolute Gasteiger partial charge is 0.350 e. The molecule has 2 heterocycles. The van der Waals surface area contributed by atoms with Crippen molar-refractivity contribution in [3.63, 3.8) is 0 Å². The average Bonchev–Trinajstić information content (AvgIpc) is 2.17. The topological polar surface area (TPSA) is 49.8 Å². The van der Waals surface area contributed by atoms with Crippen LogP contribution in [0.15, 0.2) is 6.07 Å². The number of hydrogen-bond donors (Lipinski definition) is 2. The lowest BCUT2D eigenvalue weighted by Gasteiger charge is -2.23. The molecule has 0 radical (unpaired) electrons. The van der Waals surface area contributed by atoms with Crippen molar-refractivity contribution in [2.45, 2.75) is 32.7 Å². The highest BCUT2D eigenvalue weighted by atomic mass is 35.5. The van der Waals surface area contributed by atoms with Crippen molar-refractivity contribution >= 4 is 18.4 Å². The van der Waals surface area contributed by atoms with Gasteiger partial charge in [0.15, 0.2) is 0 Å². The molecule has 4 nitrogen and oxygen atoms in total. The molecule has 1 aromatic rings. The molecular weight excluding hydrogens is 224 g/mol. The standard InChI is InChI=1S/C11H18N4.ClH/c1-8-6-9(2)14-11(13-8)15-10-4-3-5-12-7-10;/h6,10,12H,3-5,7H2,1-2H3,(H,13,14,15);1H/t10-;/m0./s1. The van der Waals surface area contributed by atoms with Crippen LogP contribution in [0.4, 0.5) is 5.95 Å². The summed E-state index contributed by atoms with van der Waals surface area (Å²) < 4.78 is 0. The summed E-state index contributed by atoms with van der Waals surface area (Å²) in [6.07, 6.45) is 2.42. The van der Waals surface area contributed by atoms with E-state index in [1.54, 1.807) is 0 Å².